The average molecular weight is 258 g/mol. The van der Waals surface area contributed by atoms with Crippen molar-refractivity contribution in [2.75, 3.05) is 0 Å². The second-order valence-electron chi connectivity index (χ2n) is 7.31. The second-order valence-corrected chi connectivity index (χ2v) is 7.31. The predicted octanol–water partition coefficient (Wildman–Crippen LogP) is 4.49. The van der Waals surface area contributed by atoms with E-state index in [4.69, 9.17) is 0 Å². The predicted molar refractivity (Wildman–Crippen MR) is 80.4 cm³/mol. The van der Waals surface area contributed by atoms with E-state index in [1.165, 1.54) is 11.1 Å². The molecular formula is C18H26O. The zero-order valence-electron chi connectivity index (χ0n) is 13.3. The molecule has 19 heavy (non-hydrogen) atoms. The highest BCUT2D eigenvalue weighted by Crippen LogP contribution is 2.64. The van der Waals surface area contributed by atoms with Gasteiger partial charge in [-0.05, 0) is 34.8 Å². The smallest absolute Gasteiger partial charge is 0.141 e. The van der Waals surface area contributed by atoms with E-state index in [0.717, 1.165) is 0 Å². The molecule has 0 fully saturated rings. The van der Waals surface area contributed by atoms with Gasteiger partial charge in [0.25, 0.3) is 0 Å². The molecule has 104 valence electrons. The van der Waals surface area contributed by atoms with Crippen molar-refractivity contribution in [1.82, 2.24) is 0 Å². The van der Waals surface area contributed by atoms with Crippen LogP contribution in [0.2, 0.25) is 0 Å². The number of hydrogen-bond acceptors (Lipinski definition) is 1. The highest BCUT2D eigenvalue weighted by atomic mass is 16.1. The van der Waals surface area contributed by atoms with Crippen LogP contribution in [0.4, 0.5) is 0 Å². The molecule has 1 aromatic rings. The monoisotopic (exact) mass is 258 g/mol. The van der Waals surface area contributed by atoms with Gasteiger partial charge in [0.05, 0.1) is 5.41 Å². The third-order valence-corrected chi connectivity index (χ3v) is 5.99. The van der Waals surface area contributed by atoms with Crippen LogP contribution in [-0.4, -0.2) is 5.78 Å². The van der Waals surface area contributed by atoms with Crippen molar-refractivity contribution in [3.05, 3.63) is 35.4 Å². The molecule has 1 unspecified atom stereocenters. The van der Waals surface area contributed by atoms with E-state index >= 15 is 0 Å². The molecule has 1 heteroatoms. The van der Waals surface area contributed by atoms with Crippen molar-refractivity contribution < 1.29 is 4.79 Å². The molecule has 0 heterocycles. The Hall–Kier alpha value is -1.11. The molecule has 0 N–H and O–H groups in total. The maximum absolute atomic E-state index is 12.7. The molecule has 0 amide bonds. The molecule has 0 saturated heterocycles. The van der Waals surface area contributed by atoms with Gasteiger partial charge in [-0.15, -0.1) is 0 Å². The summed E-state index contributed by atoms with van der Waals surface area (Å²) in [5, 5.41) is 0. The number of hydrogen-bond donors (Lipinski definition) is 0. The Kier molecular flexibility index (Phi) is 2.97. The van der Waals surface area contributed by atoms with E-state index in [1.807, 2.05) is 0 Å². The largest absolute Gasteiger partial charge is 0.299 e. The van der Waals surface area contributed by atoms with Gasteiger partial charge in [-0.1, -0.05) is 65.8 Å². The van der Waals surface area contributed by atoms with Crippen molar-refractivity contribution in [3.8, 4) is 0 Å². The highest BCUT2D eigenvalue weighted by Gasteiger charge is 2.64. The Balaban J connectivity index is 2.92. The van der Waals surface area contributed by atoms with Gasteiger partial charge in [0.1, 0.15) is 5.78 Å². The first kappa shape index (κ1) is 14.3. The lowest BCUT2D eigenvalue weighted by molar-refractivity contribution is -0.130. The van der Waals surface area contributed by atoms with Crippen molar-refractivity contribution in [3.63, 3.8) is 0 Å². The lowest BCUT2D eigenvalue weighted by Gasteiger charge is -2.49. The Labute approximate surface area is 117 Å². The van der Waals surface area contributed by atoms with Gasteiger partial charge in [0.2, 0.25) is 0 Å². The molecule has 0 saturated carbocycles. The molecule has 1 aliphatic rings. The molecule has 2 rings (SSSR count). The number of carbonyl (C=O) groups excluding carboxylic acids is 1. The fourth-order valence-electron chi connectivity index (χ4n) is 4.61. The Bertz CT molecular complexity index is 522. The van der Waals surface area contributed by atoms with Gasteiger partial charge in [-0.25, -0.2) is 0 Å². The van der Waals surface area contributed by atoms with E-state index in [0.29, 0.717) is 11.7 Å². The van der Waals surface area contributed by atoms with Gasteiger partial charge in [0, 0.05) is 0 Å². The lowest BCUT2D eigenvalue weighted by atomic mass is 9.52. The van der Waals surface area contributed by atoms with Crippen LogP contribution in [0.15, 0.2) is 24.3 Å². The fraction of sp³-hybridized carbons (Fsp3) is 0.611. The summed E-state index contributed by atoms with van der Waals surface area (Å²) in [6, 6.07) is 8.51. The topological polar surface area (TPSA) is 17.1 Å². The lowest BCUT2D eigenvalue weighted by Crippen LogP contribution is -2.53. The van der Waals surface area contributed by atoms with Gasteiger partial charge in [-0.2, -0.15) is 0 Å². The zero-order chi connectivity index (χ0) is 14.6. The third-order valence-electron chi connectivity index (χ3n) is 5.99. The van der Waals surface area contributed by atoms with Crippen molar-refractivity contribution in [1.29, 1.82) is 0 Å². The molecular weight excluding hydrogens is 232 g/mol. The Morgan fingerprint density at radius 1 is 1.00 bits per heavy atom. The van der Waals surface area contributed by atoms with Crippen molar-refractivity contribution in [2.45, 2.75) is 59.3 Å². The SMILES string of the molecule is CC(=O)C1(C(C)C)c2ccccc2C(C)(C)C1(C)C. The molecule has 1 nitrogen and oxygen atoms in total. The minimum atomic E-state index is -0.382. The molecule has 1 aromatic carbocycles. The van der Waals surface area contributed by atoms with Crippen molar-refractivity contribution >= 4 is 5.78 Å². The minimum Gasteiger partial charge on any atom is -0.299 e. The molecule has 0 aliphatic heterocycles. The van der Waals surface area contributed by atoms with Gasteiger partial charge < -0.3 is 0 Å². The first-order valence-corrected chi connectivity index (χ1v) is 7.22. The number of ketones is 1. The molecule has 0 aromatic heterocycles. The van der Waals surface area contributed by atoms with Crippen molar-refractivity contribution in [2.24, 2.45) is 11.3 Å². The Morgan fingerprint density at radius 2 is 1.47 bits per heavy atom. The second kappa shape index (κ2) is 3.94. The number of rotatable bonds is 2. The number of carbonyl (C=O) groups is 1. The van der Waals surface area contributed by atoms with Crippen LogP contribution < -0.4 is 0 Å². The van der Waals surface area contributed by atoms with E-state index in [9.17, 15) is 4.79 Å². The summed E-state index contributed by atoms with van der Waals surface area (Å²) < 4.78 is 0. The first-order chi connectivity index (χ1) is 8.61. The van der Waals surface area contributed by atoms with Crippen LogP contribution in [-0.2, 0) is 15.6 Å². The van der Waals surface area contributed by atoms with E-state index in [1.54, 1.807) is 6.92 Å². The number of Topliss-reactive ketones (excluding diaryl/α,β-unsaturated/α-hetero) is 1. The van der Waals surface area contributed by atoms with E-state index < -0.39 is 0 Å². The van der Waals surface area contributed by atoms with Crippen LogP contribution in [0, 0.1) is 11.3 Å². The van der Waals surface area contributed by atoms with Gasteiger partial charge in [-0.3, -0.25) is 4.79 Å². The van der Waals surface area contributed by atoms with Gasteiger partial charge in [0.15, 0.2) is 0 Å². The summed E-state index contributed by atoms with van der Waals surface area (Å²) in [4.78, 5) is 12.7. The minimum absolute atomic E-state index is 0.000463. The van der Waals surface area contributed by atoms with Crippen LogP contribution in [0.25, 0.3) is 0 Å². The summed E-state index contributed by atoms with van der Waals surface area (Å²) in [5.74, 6) is 0.591. The molecule has 1 atom stereocenters. The Morgan fingerprint density at radius 3 is 1.89 bits per heavy atom. The maximum Gasteiger partial charge on any atom is 0.141 e. The standard InChI is InChI=1S/C18H26O/c1-12(2)18(13(3)19)15-11-9-8-10-14(15)16(4,5)17(18,6)7/h8-12H,1-7H3. The van der Waals surface area contributed by atoms with Crippen LogP contribution in [0.1, 0.15) is 59.6 Å². The summed E-state index contributed by atoms with van der Waals surface area (Å²) in [5.41, 5.74) is 2.10. The van der Waals surface area contributed by atoms with Crippen LogP contribution in [0.5, 0.6) is 0 Å². The number of fused-ring (bicyclic) bond motifs is 1. The fourth-order valence-corrected chi connectivity index (χ4v) is 4.61. The van der Waals surface area contributed by atoms with Crippen LogP contribution in [0.3, 0.4) is 0 Å². The van der Waals surface area contributed by atoms with Gasteiger partial charge >= 0.3 is 0 Å². The molecule has 1 aliphatic carbocycles. The van der Waals surface area contributed by atoms with E-state index in [-0.39, 0.29) is 16.2 Å². The summed E-state index contributed by atoms with van der Waals surface area (Å²) in [6.45, 7) is 15.2. The maximum atomic E-state index is 12.7. The molecule has 0 radical (unpaired) electrons. The average Bonchev–Trinajstić information content (AvgIpc) is 2.42. The summed E-state index contributed by atoms with van der Waals surface area (Å²) >= 11 is 0. The van der Waals surface area contributed by atoms with E-state index in [2.05, 4.69) is 65.8 Å². The van der Waals surface area contributed by atoms with Crippen LogP contribution >= 0.6 is 0 Å². The normalized spacial score (nSPS) is 27.4. The number of benzene rings is 1. The highest BCUT2D eigenvalue weighted by molar-refractivity contribution is 5.92. The summed E-state index contributed by atoms with van der Waals surface area (Å²) in [7, 11) is 0. The zero-order valence-corrected chi connectivity index (χ0v) is 13.3. The first-order valence-electron chi connectivity index (χ1n) is 7.22. The third kappa shape index (κ3) is 1.39. The summed E-state index contributed by atoms with van der Waals surface area (Å²) in [6.07, 6.45) is 0. The molecule has 0 spiro atoms. The molecule has 0 bridgehead atoms. The quantitative estimate of drug-likeness (QED) is 0.764.